The van der Waals surface area contributed by atoms with E-state index < -0.39 is 6.36 Å². The molecule has 1 unspecified atom stereocenters. The second kappa shape index (κ2) is 7.83. The minimum Gasteiger partial charge on any atom is -0.406 e. The van der Waals surface area contributed by atoms with E-state index in [9.17, 15) is 18.0 Å². The third kappa shape index (κ3) is 5.92. The molecule has 4 nitrogen and oxygen atoms in total. The number of benzene rings is 2. The Labute approximate surface area is 137 Å². The molecule has 2 aromatic rings. The van der Waals surface area contributed by atoms with Crippen molar-refractivity contribution in [3.63, 3.8) is 0 Å². The number of anilines is 1. The fourth-order valence-corrected chi connectivity index (χ4v) is 2.05. The number of hydrogen-bond donors (Lipinski definition) is 2. The van der Waals surface area contributed by atoms with E-state index >= 15 is 0 Å². The first-order chi connectivity index (χ1) is 11.3. The largest absolute Gasteiger partial charge is 0.573 e. The van der Waals surface area contributed by atoms with Gasteiger partial charge in [-0.15, -0.1) is 13.2 Å². The minimum atomic E-state index is -4.73. The quantitative estimate of drug-likeness (QED) is 0.840. The first-order valence-corrected chi connectivity index (χ1v) is 7.27. The molecular formula is C17H17F3N2O2. The highest BCUT2D eigenvalue weighted by molar-refractivity contribution is 5.92. The van der Waals surface area contributed by atoms with Crippen LogP contribution < -0.4 is 15.4 Å². The summed E-state index contributed by atoms with van der Waals surface area (Å²) in [6.07, 6.45) is -4.73. The van der Waals surface area contributed by atoms with Crippen LogP contribution in [0.5, 0.6) is 5.75 Å². The van der Waals surface area contributed by atoms with Crippen molar-refractivity contribution in [2.45, 2.75) is 19.3 Å². The highest BCUT2D eigenvalue weighted by atomic mass is 19.4. The Balaban J connectivity index is 1.82. The van der Waals surface area contributed by atoms with Crippen LogP contribution in [0, 0.1) is 0 Å². The summed E-state index contributed by atoms with van der Waals surface area (Å²) in [4.78, 5) is 11.9. The van der Waals surface area contributed by atoms with Gasteiger partial charge in [-0.2, -0.15) is 0 Å². The highest BCUT2D eigenvalue weighted by Crippen LogP contribution is 2.23. The number of carbonyl (C=O) groups excluding carboxylic acids is 1. The average molecular weight is 338 g/mol. The van der Waals surface area contributed by atoms with Gasteiger partial charge in [0.2, 0.25) is 5.91 Å². The van der Waals surface area contributed by atoms with Gasteiger partial charge in [-0.25, -0.2) is 0 Å². The van der Waals surface area contributed by atoms with Gasteiger partial charge in [-0.3, -0.25) is 4.79 Å². The summed E-state index contributed by atoms with van der Waals surface area (Å²) in [5.74, 6) is -0.626. The van der Waals surface area contributed by atoms with E-state index in [2.05, 4.69) is 15.4 Å². The fraction of sp³-hybridized carbons (Fsp3) is 0.235. The van der Waals surface area contributed by atoms with E-state index in [1.54, 1.807) is 0 Å². The number of nitrogens with one attached hydrogen (secondary N) is 2. The van der Waals surface area contributed by atoms with E-state index in [-0.39, 0.29) is 24.2 Å². The predicted molar refractivity (Wildman–Crippen MR) is 84.6 cm³/mol. The Bertz CT molecular complexity index is 658. The van der Waals surface area contributed by atoms with Crippen LogP contribution in [0.3, 0.4) is 0 Å². The summed E-state index contributed by atoms with van der Waals surface area (Å²) in [6, 6.07) is 14.6. The molecule has 0 aliphatic rings. The van der Waals surface area contributed by atoms with Gasteiger partial charge in [0.05, 0.1) is 6.54 Å². The number of alkyl halides is 3. The Kier molecular flexibility index (Phi) is 5.81. The lowest BCUT2D eigenvalue weighted by Gasteiger charge is -2.14. The summed E-state index contributed by atoms with van der Waals surface area (Å²) >= 11 is 0. The monoisotopic (exact) mass is 338 g/mol. The molecule has 2 aromatic carbocycles. The summed E-state index contributed by atoms with van der Waals surface area (Å²) in [7, 11) is 0. The zero-order valence-corrected chi connectivity index (χ0v) is 12.9. The smallest absolute Gasteiger partial charge is 0.406 e. The highest BCUT2D eigenvalue weighted by Gasteiger charge is 2.30. The molecule has 7 heteroatoms. The molecule has 0 fully saturated rings. The molecule has 0 saturated heterocycles. The summed E-state index contributed by atoms with van der Waals surface area (Å²) in [5.41, 5.74) is 1.45. The van der Waals surface area contributed by atoms with Crippen molar-refractivity contribution in [2.75, 3.05) is 11.9 Å². The molecule has 0 aromatic heterocycles. The van der Waals surface area contributed by atoms with Crippen molar-refractivity contribution < 1.29 is 22.7 Å². The number of rotatable bonds is 6. The lowest BCUT2D eigenvalue weighted by Crippen LogP contribution is -2.30. The van der Waals surface area contributed by atoms with Gasteiger partial charge in [-0.05, 0) is 36.8 Å². The van der Waals surface area contributed by atoms with Crippen molar-refractivity contribution >= 4 is 11.6 Å². The second-order valence-corrected chi connectivity index (χ2v) is 5.13. The summed E-state index contributed by atoms with van der Waals surface area (Å²) in [5, 5.41) is 5.68. The minimum absolute atomic E-state index is 0.000452. The van der Waals surface area contributed by atoms with Gasteiger partial charge in [0, 0.05) is 11.7 Å². The van der Waals surface area contributed by atoms with Crippen molar-refractivity contribution in [3.05, 3.63) is 60.2 Å². The second-order valence-electron chi connectivity index (χ2n) is 5.13. The van der Waals surface area contributed by atoms with Gasteiger partial charge in [0.1, 0.15) is 5.75 Å². The maximum Gasteiger partial charge on any atom is 0.573 e. The van der Waals surface area contributed by atoms with Crippen LogP contribution in [0.25, 0.3) is 0 Å². The van der Waals surface area contributed by atoms with Crippen LogP contribution in [0.4, 0.5) is 18.9 Å². The molecule has 2 rings (SSSR count). The van der Waals surface area contributed by atoms with Crippen molar-refractivity contribution in [3.8, 4) is 5.75 Å². The lowest BCUT2D eigenvalue weighted by molar-refractivity contribution is -0.274. The van der Waals surface area contributed by atoms with E-state index in [0.717, 1.165) is 17.7 Å². The molecule has 0 aliphatic carbocycles. The molecule has 0 bridgehead atoms. The third-order valence-corrected chi connectivity index (χ3v) is 3.24. The average Bonchev–Trinajstić information content (AvgIpc) is 2.54. The molecule has 0 spiro atoms. The SMILES string of the molecule is CC(NCC(=O)Nc1ccc(OC(F)(F)F)cc1)c1ccccc1. The van der Waals surface area contributed by atoms with Crippen molar-refractivity contribution in [1.29, 1.82) is 0 Å². The number of halogens is 3. The van der Waals surface area contributed by atoms with Gasteiger partial charge in [0.25, 0.3) is 0 Å². The maximum atomic E-state index is 12.1. The van der Waals surface area contributed by atoms with E-state index in [1.807, 2.05) is 37.3 Å². The van der Waals surface area contributed by atoms with Crippen LogP contribution in [0.2, 0.25) is 0 Å². The molecule has 24 heavy (non-hydrogen) atoms. The van der Waals surface area contributed by atoms with E-state index in [1.165, 1.54) is 12.1 Å². The van der Waals surface area contributed by atoms with E-state index in [4.69, 9.17) is 0 Å². The molecular weight excluding hydrogens is 321 g/mol. The third-order valence-electron chi connectivity index (χ3n) is 3.24. The molecule has 0 saturated carbocycles. The Morgan fingerprint density at radius 1 is 1.08 bits per heavy atom. The first kappa shape index (κ1) is 17.8. The molecule has 128 valence electrons. The zero-order chi connectivity index (χ0) is 17.6. The van der Waals surface area contributed by atoms with E-state index in [0.29, 0.717) is 5.69 Å². The Morgan fingerprint density at radius 3 is 2.29 bits per heavy atom. The molecule has 1 atom stereocenters. The Hall–Kier alpha value is -2.54. The summed E-state index contributed by atoms with van der Waals surface area (Å²) in [6.45, 7) is 2.02. The van der Waals surface area contributed by atoms with Gasteiger partial charge in [0.15, 0.2) is 0 Å². The summed E-state index contributed by atoms with van der Waals surface area (Å²) < 4.78 is 40.0. The van der Waals surface area contributed by atoms with Crippen LogP contribution in [0.1, 0.15) is 18.5 Å². The maximum absolute atomic E-state index is 12.1. The number of ether oxygens (including phenoxy) is 1. The molecule has 0 aliphatic heterocycles. The first-order valence-electron chi connectivity index (χ1n) is 7.27. The van der Waals surface area contributed by atoms with Crippen LogP contribution in [-0.4, -0.2) is 18.8 Å². The Morgan fingerprint density at radius 2 is 1.71 bits per heavy atom. The molecule has 2 N–H and O–H groups in total. The fourth-order valence-electron chi connectivity index (χ4n) is 2.05. The topological polar surface area (TPSA) is 50.4 Å². The van der Waals surface area contributed by atoms with Gasteiger partial charge < -0.3 is 15.4 Å². The molecule has 0 radical (unpaired) electrons. The normalized spacial score (nSPS) is 12.5. The number of carbonyl (C=O) groups is 1. The zero-order valence-electron chi connectivity index (χ0n) is 12.9. The predicted octanol–water partition coefficient (Wildman–Crippen LogP) is 3.87. The van der Waals surface area contributed by atoms with Crippen LogP contribution in [0.15, 0.2) is 54.6 Å². The van der Waals surface area contributed by atoms with Crippen LogP contribution in [-0.2, 0) is 4.79 Å². The molecule has 0 heterocycles. The van der Waals surface area contributed by atoms with Crippen molar-refractivity contribution in [2.24, 2.45) is 0 Å². The van der Waals surface area contributed by atoms with Gasteiger partial charge >= 0.3 is 6.36 Å². The van der Waals surface area contributed by atoms with Crippen molar-refractivity contribution in [1.82, 2.24) is 5.32 Å². The number of hydrogen-bond acceptors (Lipinski definition) is 3. The standard InChI is InChI=1S/C17H17F3N2O2/c1-12(13-5-3-2-4-6-13)21-11-16(23)22-14-7-9-15(10-8-14)24-17(18,19)20/h2-10,12,21H,11H2,1H3,(H,22,23). The van der Waals surface area contributed by atoms with Crippen LogP contribution >= 0.6 is 0 Å². The van der Waals surface area contributed by atoms with Gasteiger partial charge in [-0.1, -0.05) is 30.3 Å². The number of amides is 1. The molecule has 1 amide bonds. The lowest BCUT2D eigenvalue weighted by atomic mass is 10.1.